The largest absolute Gasteiger partial charge is 1.00 e. The summed E-state index contributed by atoms with van der Waals surface area (Å²) in [6, 6.07) is 26.8. The van der Waals surface area contributed by atoms with Crippen LogP contribution in [-0.4, -0.2) is 53.9 Å². The second-order valence-electron chi connectivity index (χ2n) is 10.8. The van der Waals surface area contributed by atoms with Gasteiger partial charge >= 0.3 is 130 Å². The van der Waals surface area contributed by atoms with Gasteiger partial charge in [0.15, 0.2) is 0 Å². The molecule has 2 N–H and O–H groups in total. The molecule has 2 aromatic heterocycles. The maximum absolute atomic E-state index is 12.8. The van der Waals surface area contributed by atoms with Crippen LogP contribution in [0.15, 0.2) is 117 Å². The monoisotopic (exact) mass is 938 g/mol. The molecule has 0 fully saturated rings. The molecule has 6 rings (SSSR count). The summed E-state index contributed by atoms with van der Waals surface area (Å²) >= 11 is 0. The molecular weight excluding hydrogens is 910 g/mol. The van der Waals surface area contributed by atoms with Crippen LogP contribution in [0.3, 0.4) is 0 Å². The number of anilines is 2. The molecule has 2 atom stereocenters. The van der Waals surface area contributed by atoms with Gasteiger partial charge in [0.25, 0.3) is 0 Å². The van der Waals surface area contributed by atoms with Crippen LogP contribution in [0.5, 0.6) is 0 Å². The van der Waals surface area contributed by atoms with E-state index in [0.29, 0.717) is 41.6 Å². The Hall–Kier alpha value is -1.12. The third-order valence-corrected chi connectivity index (χ3v) is 10.9. The summed E-state index contributed by atoms with van der Waals surface area (Å²) in [5.41, 5.74) is 1.33. The Balaban J connectivity index is 0.000000562. The van der Waals surface area contributed by atoms with E-state index >= 15 is 0 Å². The summed E-state index contributed by atoms with van der Waals surface area (Å²) in [4.78, 5) is 76.8. The minimum absolute atomic E-state index is 0. The first kappa shape index (κ1) is 56.9. The normalized spacial score (nSPS) is 11.8. The average molecular weight is 939 g/mol. The number of carbonyl (C=O) groups is 2. The van der Waals surface area contributed by atoms with E-state index in [4.69, 9.17) is 0 Å². The Bertz CT molecular complexity index is 2510. The Morgan fingerprint density at radius 3 is 1.42 bits per heavy atom. The van der Waals surface area contributed by atoms with Gasteiger partial charge in [-0.2, -0.15) is 0 Å². The average Bonchev–Trinajstić information content (AvgIpc) is 3.71. The molecule has 0 aliphatic rings. The minimum atomic E-state index is -5.28. The van der Waals surface area contributed by atoms with E-state index in [1.54, 1.807) is 78.9 Å². The number of methoxy groups -OCH3 is 2. The predicted molar refractivity (Wildman–Crippen MR) is 191 cm³/mol. The third-order valence-electron chi connectivity index (χ3n) is 7.27. The molecule has 4 aromatic carbocycles. The summed E-state index contributed by atoms with van der Waals surface area (Å²) in [6.07, 6.45) is -1.70. The molecule has 0 saturated heterocycles. The van der Waals surface area contributed by atoms with Crippen molar-refractivity contribution in [2.24, 2.45) is 0 Å². The van der Waals surface area contributed by atoms with Crippen LogP contribution in [0.1, 0.15) is 0 Å². The topological polar surface area (TPSA) is 291 Å². The number of nitrogens with zero attached hydrogens (tertiary/aromatic N) is 4. The molecule has 2 amide bonds. The molecule has 0 saturated carbocycles. The van der Waals surface area contributed by atoms with Crippen molar-refractivity contribution in [1.82, 2.24) is 19.1 Å². The van der Waals surface area contributed by atoms with E-state index in [0.717, 1.165) is 18.8 Å². The molecule has 2 unspecified atom stereocenters. The summed E-state index contributed by atoms with van der Waals surface area (Å²) in [7, 11) is -11.2. The van der Waals surface area contributed by atoms with E-state index in [1.807, 2.05) is 0 Å². The molecule has 60 heavy (non-hydrogen) atoms. The van der Waals surface area contributed by atoms with Crippen LogP contribution in [0.25, 0.3) is 22.1 Å². The van der Waals surface area contributed by atoms with E-state index in [9.17, 15) is 46.7 Å². The van der Waals surface area contributed by atoms with Crippen molar-refractivity contribution >= 4 is 83.4 Å². The van der Waals surface area contributed by atoms with Gasteiger partial charge in [0.05, 0.1) is 73.5 Å². The fourth-order valence-electron chi connectivity index (χ4n) is 4.80. The molecule has 0 radical (unpaired) electrons. The predicted octanol–water partition coefficient (Wildman–Crippen LogP) is -9.62. The molecule has 0 spiro atoms. The van der Waals surface area contributed by atoms with Gasteiger partial charge in [-0.1, -0.05) is 36.4 Å². The number of phosphoric acid groups is 2. The molecular formula is C32H28N6Na4O14P2S2. The standard InChI is InChI=1S/2C16H16N3O7PS.4Na/c1-25-16(20)18-15-17-13-9-12(28(24)11-5-3-2-4-6-11)7-8-14(13)19(15)10-26-27(21,22)23;1-25-16(20)18-15-17-13-8-7-12(28(24)11-5-3-2-4-6-11)9-14(13)19(15)10-26-27(21,22)23;;;;/h2*2-9H,10H2,1H3,(H,17,18,20)(H2,21,22,23);;;;/q;;4*+1/p-4. The van der Waals surface area contributed by atoms with Crippen LogP contribution >= 0.6 is 15.6 Å². The quantitative estimate of drug-likeness (QED) is 0.0851. The van der Waals surface area contributed by atoms with Crippen LogP contribution in [0.2, 0.25) is 0 Å². The molecule has 0 aliphatic heterocycles. The number of aromatic nitrogens is 4. The Morgan fingerprint density at radius 2 is 0.983 bits per heavy atom. The first-order valence-corrected chi connectivity index (χ1v) is 20.8. The van der Waals surface area contributed by atoms with Crippen molar-refractivity contribution in [2.45, 2.75) is 33.0 Å². The Kier molecular flexibility index (Phi) is 24.6. The second kappa shape index (κ2) is 26.0. The zero-order valence-electron chi connectivity index (χ0n) is 32.9. The fraction of sp³-hybridized carbons (Fsp3) is 0.125. The zero-order chi connectivity index (χ0) is 40.6. The molecule has 28 heteroatoms. The van der Waals surface area contributed by atoms with Gasteiger partial charge in [0, 0.05) is 19.6 Å². The van der Waals surface area contributed by atoms with E-state index in [2.05, 4.69) is 39.1 Å². The molecule has 2 heterocycles. The van der Waals surface area contributed by atoms with Gasteiger partial charge in [0.2, 0.25) is 11.9 Å². The van der Waals surface area contributed by atoms with E-state index in [1.165, 1.54) is 22.8 Å². The van der Waals surface area contributed by atoms with Gasteiger partial charge in [-0.15, -0.1) is 0 Å². The SMILES string of the molecule is COC(=O)Nc1nc2cc(S(=O)c3ccccc3)ccc2n1COP(=O)([O-])[O-].COC(=O)Nc1nc2ccc(S(=O)c3ccccc3)cc2n1COP(=O)([O-])[O-].[Na+].[Na+].[Na+].[Na+]. The van der Waals surface area contributed by atoms with Crippen molar-refractivity contribution in [3.8, 4) is 0 Å². The van der Waals surface area contributed by atoms with Gasteiger partial charge < -0.3 is 47.2 Å². The van der Waals surface area contributed by atoms with E-state index in [-0.39, 0.29) is 130 Å². The van der Waals surface area contributed by atoms with Gasteiger partial charge in [-0.25, -0.2) is 28.0 Å². The number of fused-ring (bicyclic) bond motifs is 2. The molecule has 20 nitrogen and oxygen atoms in total. The number of ether oxygens (including phenoxy) is 2. The first-order chi connectivity index (χ1) is 26.6. The van der Waals surface area contributed by atoms with Crippen LogP contribution in [0.4, 0.5) is 21.5 Å². The van der Waals surface area contributed by atoms with Crippen molar-refractivity contribution in [3.63, 3.8) is 0 Å². The number of hydrogen-bond acceptors (Lipinski definition) is 16. The Labute approximate surface area is 435 Å². The molecule has 296 valence electrons. The molecule has 0 bridgehead atoms. The number of benzene rings is 4. The smallest absolute Gasteiger partial charge is 0.790 e. The van der Waals surface area contributed by atoms with Crippen molar-refractivity contribution < 1.29 is 183 Å². The van der Waals surface area contributed by atoms with Crippen molar-refractivity contribution in [2.75, 3.05) is 24.9 Å². The summed E-state index contributed by atoms with van der Waals surface area (Å²) in [5.74, 6) is -0.198. The maximum Gasteiger partial charge on any atom is 1.00 e. The number of amides is 2. The van der Waals surface area contributed by atoms with Crippen molar-refractivity contribution in [3.05, 3.63) is 97.1 Å². The van der Waals surface area contributed by atoms with Gasteiger partial charge in [0.1, 0.15) is 13.5 Å². The summed E-state index contributed by atoms with van der Waals surface area (Å²) < 4.78 is 67.1. The minimum Gasteiger partial charge on any atom is -0.790 e. The molecule has 0 aliphatic carbocycles. The third kappa shape index (κ3) is 16.1. The Morgan fingerprint density at radius 1 is 0.583 bits per heavy atom. The summed E-state index contributed by atoms with van der Waals surface area (Å²) in [6.45, 7) is -1.41. The number of nitrogens with one attached hydrogen (secondary N) is 2. The fourth-order valence-corrected chi connectivity index (χ4v) is 7.48. The number of phosphoric ester groups is 2. The number of carbonyl (C=O) groups excluding carboxylic acids is 2. The van der Waals surface area contributed by atoms with E-state index < -0.39 is 62.9 Å². The van der Waals surface area contributed by atoms with Gasteiger partial charge in [-0.05, 0) is 60.7 Å². The molecule has 6 aromatic rings. The number of imidazole rings is 2. The van der Waals surface area contributed by atoms with Crippen molar-refractivity contribution in [1.29, 1.82) is 0 Å². The number of rotatable bonds is 12. The second-order valence-corrected chi connectivity index (χ2v) is 16.1. The van der Waals surface area contributed by atoms with Gasteiger partial charge in [-0.3, -0.25) is 19.8 Å². The zero-order valence-corrected chi connectivity index (χ0v) is 44.3. The van der Waals surface area contributed by atoms with Crippen LogP contribution < -0.4 is 148 Å². The van der Waals surface area contributed by atoms with Crippen LogP contribution in [0, 0.1) is 0 Å². The number of hydrogen-bond donors (Lipinski definition) is 2. The summed E-state index contributed by atoms with van der Waals surface area (Å²) in [5, 5.41) is 4.61. The first-order valence-electron chi connectivity index (χ1n) is 15.5. The van der Waals surface area contributed by atoms with Crippen LogP contribution in [-0.2, 0) is 62.7 Å². The maximum atomic E-state index is 12.8.